The first kappa shape index (κ1) is 21.7. The summed E-state index contributed by atoms with van der Waals surface area (Å²) < 4.78 is 7.88. The van der Waals surface area contributed by atoms with Crippen LogP contribution in [0.5, 0.6) is 11.5 Å². The summed E-state index contributed by atoms with van der Waals surface area (Å²) in [7, 11) is 0. The van der Waals surface area contributed by atoms with Crippen LogP contribution < -0.4 is 4.74 Å². The van der Waals surface area contributed by atoms with E-state index in [1.54, 1.807) is 18.6 Å². The lowest BCUT2D eigenvalue weighted by atomic mass is 9.88. The zero-order valence-corrected chi connectivity index (χ0v) is 18.4. The Balaban J connectivity index is 1.69. The molecule has 4 aromatic rings. The van der Waals surface area contributed by atoms with Crippen LogP contribution in [0.1, 0.15) is 23.1 Å². The second-order valence-electron chi connectivity index (χ2n) is 7.35. The van der Waals surface area contributed by atoms with Crippen molar-refractivity contribution >= 4 is 22.7 Å². The van der Waals surface area contributed by atoms with E-state index in [1.807, 2.05) is 71.4 Å². The molecule has 0 radical (unpaired) electrons. The van der Waals surface area contributed by atoms with Gasteiger partial charge in [0, 0.05) is 23.8 Å². The Hall–Kier alpha value is -3.50. The van der Waals surface area contributed by atoms with Crippen LogP contribution in [-0.4, -0.2) is 27.1 Å². The van der Waals surface area contributed by atoms with Gasteiger partial charge in [-0.3, -0.25) is 0 Å². The van der Waals surface area contributed by atoms with Crippen molar-refractivity contribution in [3.8, 4) is 11.5 Å². The highest BCUT2D eigenvalue weighted by Gasteiger charge is 2.16. The number of aromatic hydroxyl groups is 1. The van der Waals surface area contributed by atoms with Gasteiger partial charge >= 0.3 is 0 Å². The summed E-state index contributed by atoms with van der Waals surface area (Å²) in [5.74, 6) is 1.52. The zero-order valence-electron chi connectivity index (χ0n) is 17.7. The molecule has 0 saturated carbocycles. The van der Waals surface area contributed by atoms with Gasteiger partial charge in [-0.15, -0.1) is 11.6 Å². The summed E-state index contributed by atoms with van der Waals surface area (Å²) in [6.45, 7) is 1.29. The highest BCUT2D eigenvalue weighted by Crippen LogP contribution is 2.38. The number of hydrogen-bond donors (Lipinski definition) is 1. The summed E-state index contributed by atoms with van der Waals surface area (Å²) in [6.07, 6.45) is 6.13. The lowest BCUT2D eigenvalue weighted by Gasteiger charge is -2.18. The highest BCUT2D eigenvalue weighted by molar-refractivity contribution is 6.18. The quantitative estimate of drug-likeness (QED) is 0.245. The second kappa shape index (κ2) is 10.7. The van der Waals surface area contributed by atoms with Crippen LogP contribution in [0.4, 0.5) is 0 Å². The van der Waals surface area contributed by atoms with Gasteiger partial charge in [-0.05, 0) is 46.9 Å². The van der Waals surface area contributed by atoms with Crippen molar-refractivity contribution in [2.24, 2.45) is 0 Å². The Morgan fingerprint density at radius 2 is 1.66 bits per heavy atom. The minimum atomic E-state index is 0.242. The van der Waals surface area contributed by atoms with Gasteiger partial charge in [0.15, 0.2) is 0 Å². The van der Waals surface area contributed by atoms with E-state index in [9.17, 15) is 5.11 Å². The highest BCUT2D eigenvalue weighted by atomic mass is 35.5. The van der Waals surface area contributed by atoms with E-state index in [0.29, 0.717) is 18.9 Å². The number of ether oxygens (including phenoxy) is 1. The molecule has 1 aromatic heterocycles. The number of halogens is 1. The number of phenolic OH excluding ortho intramolecular Hbond substituents is 1. The number of nitrogens with zero attached hydrogens (tertiary/aromatic N) is 2. The normalized spacial score (nSPS) is 11.8. The summed E-state index contributed by atoms with van der Waals surface area (Å²) in [5.41, 5.74) is 4.94. The van der Waals surface area contributed by atoms with Gasteiger partial charge in [-0.1, -0.05) is 60.7 Å². The Bertz CT molecular complexity index is 1150. The molecule has 3 aromatic carbocycles. The van der Waals surface area contributed by atoms with Gasteiger partial charge in [0.1, 0.15) is 18.1 Å². The number of para-hydroxylation sites is 1. The van der Waals surface area contributed by atoms with E-state index in [2.05, 4.69) is 17.1 Å². The minimum Gasteiger partial charge on any atom is -0.507 e. The average Bonchev–Trinajstić information content (AvgIpc) is 3.35. The number of rotatable bonds is 9. The van der Waals surface area contributed by atoms with Gasteiger partial charge in [0.2, 0.25) is 0 Å². The molecule has 0 amide bonds. The summed E-state index contributed by atoms with van der Waals surface area (Å²) in [5, 5.41) is 10.7. The molecule has 4 nitrogen and oxygen atoms in total. The van der Waals surface area contributed by atoms with Crippen molar-refractivity contribution < 1.29 is 9.84 Å². The number of allylic oxidation sites excluding steroid dienone is 1. The van der Waals surface area contributed by atoms with Crippen LogP contribution in [-0.2, 0) is 6.54 Å². The molecular weight excluding hydrogens is 420 g/mol. The van der Waals surface area contributed by atoms with Gasteiger partial charge < -0.3 is 14.4 Å². The average molecular weight is 445 g/mol. The lowest BCUT2D eigenvalue weighted by molar-refractivity contribution is 0.298. The van der Waals surface area contributed by atoms with Gasteiger partial charge in [-0.2, -0.15) is 0 Å². The van der Waals surface area contributed by atoms with Crippen molar-refractivity contribution in [3.05, 3.63) is 114 Å². The maximum absolute atomic E-state index is 10.7. The first-order valence-electron chi connectivity index (χ1n) is 10.6. The largest absolute Gasteiger partial charge is 0.507 e. The zero-order chi connectivity index (χ0) is 22.2. The van der Waals surface area contributed by atoms with Crippen LogP contribution in [0.2, 0.25) is 0 Å². The Kier molecular flexibility index (Phi) is 7.26. The van der Waals surface area contributed by atoms with Crippen molar-refractivity contribution in [2.45, 2.75) is 13.0 Å². The van der Waals surface area contributed by atoms with Crippen molar-refractivity contribution in [3.63, 3.8) is 0 Å². The topological polar surface area (TPSA) is 47.3 Å². The van der Waals surface area contributed by atoms with Crippen molar-refractivity contribution in [2.75, 3.05) is 12.5 Å². The summed E-state index contributed by atoms with van der Waals surface area (Å²) in [4.78, 5) is 4.04. The van der Waals surface area contributed by atoms with Gasteiger partial charge in [0.05, 0.1) is 12.9 Å². The summed E-state index contributed by atoms with van der Waals surface area (Å²) >= 11 is 6.21. The first-order chi connectivity index (χ1) is 15.8. The van der Waals surface area contributed by atoms with E-state index in [-0.39, 0.29) is 5.75 Å². The molecule has 0 bridgehead atoms. The predicted molar refractivity (Wildman–Crippen MR) is 130 cm³/mol. The van der Waals surface area contributed by atoms with E-state index < -0.39 is 0 Å². The third kappa shape index (κ3) is 5.21. The smallest absolute Gasteiger partial charge is 0.123 e. The van der Waals surface area contributed by atoms with Gasteiger partial charge in [0.25, 0.3) is 0 Å². The Morgan fingerprint density at radius 3 is 2.34 bits per heavy atom. The van der Waals surface area contributed by atoms with Crippen LogP contribution >= 0.6 is 11.6 Å². The fourth-order valence-electron chi connectivity index (χ4n) is 3.73. The monoisotopic (exact) mass is 444 g/mol. The van der Waals surface area contributed by atoms with E-state index in [4.69, 9.17) is 16.3 Å². The fraction of sp³-hybridized carbons (Fsp3) is 0.148. The number of phenols is 1. The molecule has 0 atom stereocenters. The minimum absolute atomic E-state index is 0.242. The van der Waals surface area contributed by atoms with Gasteiger partial charge in [-0.25, -0.2) is 4.98 Å². The van der Waals surface area contributed by atoms with Crippen LogP contribution in [0.3, 0.4) is 0 Å². The molecule has 0 saturated heterocycles. The molecule has 1 heterocycles. The van der Waals surface area contributed by atoms with E-state index in [1.165, 1.54) is 0 Å². The number of aromatic nitrogens is 2. The molecule has 32 heavy (non-hydrogen) atoms. The molecule has 1 N–H and O–H groups in total. The maximum atomic E-state index is 10.7. The molecule has 0 aliphatic carbocycles. The lowest BCUT2D eigenvalue weighted by Crippen LogP contribution is -2.06. The molecule has 0 fully saturated rings. The molecule has 162 valence electrons. The van der Waals surface area contributed by atoms with Crippen molar-refractivity contribution in [1.29, 1.82) is 0 Å². The maximum Gasteiger partial charge on any atom is 0.123 e. The second-order valence-corrected chi connectivity index (χ2v) is 7.73. The number of alkyl halides is 1. The van der Waals surface area contributed by atoms with Crippen LogP contribution in [0, 0.1) is 0 Å². The fourth-order valence-corrected chi connectivity index (χ4v) is 3.92. The van der Waals surface area contributed by atoms with Crippen molar-refractivity contribution in [1.82, 2.24) is 9.55 Å². The molecular formula is C27H25ClN2O2. The number of hydrogen-bond acceptors (Lipinski definition) is 3. The molecule has 0 unspecified atom stereocenters. The Labute approximate surface area is 193 Å². The number of benzene rings is 3. The standard InChI is InChI=1S/C27H25ClN2O2/c28-15-14-24(21-6-2-1-3-7-21)27(25-8-4-5-9-26(25)31)22-10-12-23(13-11-22)32-19-18-30-17-16-29-20-30/h1-13,16-17,20,31H,14-15,18-19H2/b27-24+. The van der Waals surface area contributed by atoms with Crippen LogP contribution in [0.25, 0.3) is 11.1 Å². The van der Waals surface area contributed by atoms with E-state index in [0.717, 1.165) is 40.1 Å². The molecule has 0 aliphatic heterocycles. The Morgan fingerprint density at radius 1 is 0.906 bits per heavy atom. The third-order valence-electron chi connectivity index (χ3n) is 5.26. The third-order valence-corrected chi connectivity index (χ3v) is 5.45. The van der Waals surface area contributed by atoms with Crippen LogP contribution in [0.15, 0.2) is 97.6 Å². The SMILES string of the molecule is Oc1ccccc1/C(=C(\CCCl)c1ccccc1)c1ccc(OCCn2ccnc2)cc1. The molecule has 0 spiro atoms. The molecule has 0 aliphatic rings. The van der Waals surface area contributed by atoms with E-state index >= 15 is 0 Å². The molecule has 4 rings (SSSR count). The number of imidazole rings is 1. The summed E-state index contributed by atoms with van der Waals surface area (Å²) in [6, 6.07) is 25.6. The first-order valence-corrected chi connectivity index (χ1v) is 11.1. The molecule has 5 heteroatoms. The predicted octanol–water partition coefficient (Wildman–Crippen LogP) is 6.26.